The van der Waals surface area contributed by atoms with Gasteiger partial charge in [0, 0.05) is 6.04 Å². The largest absolute Gasteiger partial charge is 0.497 e. The molecule has 0 spiro atoms. The van der Waals surface area contributed by atoms with Crippen molar-refractivity contribution in [1.82, 2.24) is 5.32 Å². The summed E-state index contributed by atoms with van der Waals surface area (Å²) in [4.78, 5) is 0. The Morgan fingerprint density at radius 3 is 2.67 bits per heavy atom. The Balaban J connectivity index is 1.82. The fourth-order valence-corrected chi connectivity index (χ4v) is 2.59. The van der Waals surface area contributed by atoms with Crippen molar-refractivity contribution in [3.63, 3.8) is 0 Å². The summed E-state index contributed by atoms with van der Waals surface area (Å²) >= 11 is 0. The maximum Gasteiger partial charge on any atom is 0.118 e. The van der Waals surface area contributed by atoms with Crippen molar-refractivity contribution in [2.24, 2.45) is 5.73 Å². The van der Waals surface area contributed by atoms with Gasteiger partial charge in [-0.3, -0.25) is 5.32 Å². The zero-order valence-electron chi connectivity index (χ0n) is 11.2. The van der Waals surface area contributed by atoms with Crippen LogP contribution in [0.4, 0.5) is 0 Å². The quantitative estimate of drug-likeness (QED) is 0.860. The summed E-state index contributed by atoms with van der Waals surface area (Å²) in [5.41, 5.74) is 7.38. The molecule has 3 heteroatoms. The first-order valence-electron chi connectivity index (χ1n) is 6.92. The molecule has 1 aliphatic heterocycles. The number of aryl methyl sites for hydroxylation is 1. The summed E-state index contributed by atoms with van der Waals surface area (Å²) in [6.45, 7) is 0. The third-order valence-electron chi connectivity index (χ3n) is 3.71. The third-order valence-corrected chi connectivity index (χ3v) is 3.71. The molecule has 3 nitrogen and oxygen atoms in total. The van der Waals surface area contributed by atoms with Crippen LogP contribution in [0.2, 0.25) is 0 Å². The van der Waals surface area contributed by atoms with E-state index >= 15 is 0 Å². The van der Waals surface area contributed by atoms with Gasteiger partial charge in [-0.15, -0.1) is 0 Å². The summed E-state index contributed by atoms with van der Waals surface area (Å²) in [6.07, 6.45) is 7.38. The Labute approximate surface area is 110 Å². The number of nitrogens with two attached hydrogens (primary N) is 1. The van der Waals surface area contributed by atoms with Gasteiger partial charge in [-0.05, 0) is 43.4 Å². The molecule has 0 saturated carbocycles. The second-order valence-electron chi connectivity index (χ2n) is 5.14. The number of nitrogens with one attached hydrogen (secondary N) is 1. The van der Waals surface area contributed by atoms with E-state index in [1.54, 1.807) is 7.11 Å². The molecule has 0 radical (unpaired) electrons. The van der Waals surface area contributed by atoms with Crippen LogP contribution in [-0.4, -0.2) is 19.3 Å². The van der Waals surface area contributed by atoms with Crippen molar-refractivity contribution < 1.29 is 4.74 Å². The van der Waals surface area contributed by atoms with Gasteiger partial charge in [-0.1, -0.05) is 25.0 Å². The maximum absolute atomic E-state index is 6.00. The SMILES string of the molecule is COc1ccc(CCC2CCCCC(N)N2)cc1. The van der Waals surface area contributed by atoms with Gasteiger partial charge in [0.1, 0.15) is 5.75 Å². The molecule has 100 valence electrons. The molecule has 0 aliphatic carbocycles. The summed E-state index contributed by atoms with van der Waals surface area (Å²) in [5.74, 6) is 0.924. The van der Waals surface area contributed by atoms with Crippen LogP contribution in [0.5, 0.6) is 5.75 Å². The molecule has 0 aromatic heterocycles. The van der Waals surface area contributed by atoms with Gasteiger partial charge in [-0.25, -0.2) is 0 Å². The zero-order chi connectivity index (χ0) is 12.8. The van der Waals surface area contributed by atoms with Gasteiger partial charge in [0.2, 0.25) is 0 Å². The van der Waals surface area contributed by atoms with E-state index in [0.29, 0.717) is 6.04 Å². The molecule has 3 N–H and O–H groups in total. The number of methoxy groups -OCH3 is 1. The third kappa shape index (κ3) is 4.00. The van der Waals surface area contributed by atoms with Crippen molar-refractivity contribution in [3.8, 4) is 5.75 Å². The summed E-state index contributed by atoms with van der Waals surface area (Å²) in [6, 6.07) is 8.93. The van der Waals surface area contributed by atoms with E-state index in [4.69, 9.17) is 10.5 Å². The smallest absolute Gasteiger partial charge is 0.118 e. The predicted octanol–water partition coefficient (Wildman–Crippen LogP) is 2.44. The standard InChI is InChI=1S/C15H24N2O/c1-18-14-10-7-12(8-11-14)6-9-13-4-2-3-5-15(16)17-13/h7-8,10-11,13,15,17H,2-6,9,16H2,1H3. The monoisotopic (exact) mass is 248 g/mol. The number of ether oxygens (including phenoxy) is 1. The van der Waals surface area contributed by atoms with Gasteiger partial charge in [0.05, 0.1) is 13.3 Å². The summed E-state index contributed by atoms with van der Waals surface area (Å²) < 4.78 is 5.17. The van der Waals surface area contributed by atoms with E-state index in [-0.39, 0.29) is 6.17 Å². The first-order chi connectivity index (χ1) is 8.78. The Hall–Kier alpha value is -1.06. The molecule has 1 aromatic rings. The van der Waals surface area contributed by atoms with E-state index in [9.17, 15) is 0 Å². The normalized spacial score (nSPS) is 24.6. The minimum Gasteiger partial charge on any atom is -0.497 e. The first kappa shape index (κ1) is 13.4. The molecule has 0 bridgehead atoms. The highest BCUT2D eigenvalue weighted by atomic mass is 16.5. The lowest BCUT2D eigenvalue weighted by Crippen LogP contribution is -2.42. The van der Waals surface area contributed by atoms with Gasteiger partial charge in [0.25, 0.3) is 0 Å². The molecule has 2 unspecified atom stereocenters. The lowest BCUT2D eigenvalue weighted by atomic mass is 10.0. The minimum atomic E-state index is 0.188. The molecular weight excluding hydrogens is 224 g/mol. The van der Waals surface area contributed by atoms with E-state index in [2.05, 4.69) is 17.4 Å². The molecule has 0 amide bonds. The van der Waals surface area contributed by atoms with Crippen molar-refractivity contribution >= 4 is 0 Å². The van der Waals surface area contributed by atoms with Crippen LogP contribution in [0.15, 0.2) is 24.3 Å². The van der Waals surface area contributed by atoms with Crippen LogP contribution in [0.1, 0.15) is 37.7 Å². The molecular formula is C15H24N2O. The van der Waals surface area contributed by atoms with Crippen molar-refractivity contribution in [2.75, 3.05) is 7.11 Å². The van der Waals surface area contributed by atoms with Crippen molar-refractivity contribution in [1.29, 1.82) is 0 Å². The van der Waals surface area contributed by atoms with Crippen LogP contribution in [0, 0.1) is 0 Å². The lowest BCUT2D eigenvalue weighted by molar-refractivity contribution is 0.413. The van der Waals surface area contributed by atoms with Crippen LogP contribution in [0.25, 0.3) is 0 Å². The average Bonchev–Trinajstić information content (AvgIpc) is 2.61. The van der Waals surface area contributed by atoms with E-state index in [0.717, 1.165) is 18.6 Å². The molecule has 1 heterocycles. The fourth-order valence-electron chi connectivity index (χ4n) is 2.59. The number of hydrogen-bond donors (Lipinski definition) is 2. The van der Waals surface area contributed by atoms with Crippen LogP contribution < -0.4 is 15.8 Å². The predicted molar refractivity (Wildman–Crippen MR) is 74.7 cm³/mol. The van der Waals surface area contributed by atoms with Gasteiger partial charge in [-0.2, -0.15) is 0 Å². The lowest BCUT2D eigenvalue weighted by Gasteiger charge is -2.19. The highest BCUT2D eigenvalue weighted by Crippen LogP contribution is 2.17. The summed E-state index contributed by atoms with van der Waals surface area (Å²) in [5, 5.41) is 3.52. The Kier molecular flexibility index (Phi) is 5.02. The first-order valence-corrected chi connectivity index (χ1v) is 6.92. The second kappa shape index (κ2) is 6.76. The average molecular weight is 248 g/mol. The molecule has 18 heavy (non-hydrogen) atoms. The molecule has 2 rings (SSSR count). The Morgan fingerprint density at radius 2 is 1.94 bits per heavy atom. The van der Waals surface area contributed by atoms with Gasteiger partial charge < -0.3 is 10.5 Å². The van der Waals surface area contributed by atoms with Crippen molar-refractivity contribution in [2.45, 2.75) is 50.7 Å². The minimum absolute atomic E-state index is 0.188. The molecule has 1 fully saturated rings. The van der Waals surface area contributed by atoms with Crippen LogP contribution in [-0.2, 0) is 6.42 Å². The Bertz CT molecular complexity index is 350. The molecule has 1 aliphatic rings. The maximum atomic E-state index is 6.00. The number of rotatable bonds is 4. The Morgan fingerprint density at radius 1 is 1.22 bits per heavy atom. The highest BCUT2D eigenvalue weighted by molar-refractivity contribution is 5.27. The second-order valence-corrected chi connectivity index (χ2v) is 5.14. The topological polar surface area (TPSA) is 47.3 Å². The van der Waals surface area contributed by atoms with Crippen molar-refractivity contribution in [3.05, 3.63) is 29.8 Å². The van der Waals surface area contributed by atoms with E-state index < -0.39 is 0 Å². The molecule has 1 saturated heterocycles. The number of benzene rings is 1. The van der Waals surface area contributed by atoms with E-state index in [1.165, 1.54) is 31.2 Å². The van der Waals surface area contributed by atoms with Crippen LogP contribution in [0.3, 0.4) is 0 Å². The number of hydrogen-bond acceptors (Lipinski definition) is 3. The fraction of sp³-hybridized carbons (Fsp3) is 0.600. The van der Waals surface area contributed by atoms with Crippen LogP contribution >= 0.6 is 0 Å². The molecule has 1 aromatic carbocycles. The zero-order valence-corrected chi connectivity index (χ0v) is 11.2. The van der Waals surface area contributed by atoms with E-state index in [1.807, 2.05) is 12.1 Å². The molecule has 2 atom stereocenters. The highest BCUT2D eigenvalue weighted by Gasteiger charge is 2.15. The summed E-state index contributed by atoms with van der Waals surface area (Å²) in [7, 11) is 1.70. The van der Waals surface area contributed by atoms with Gasteiger partial charge >= 0.3 is 0 Å². The van der Waals surface area contributed by atoms with Gasteiger partial charge in [0.15, 0.2) is 0 Å².